The molecular weight excluding hydrogens is 280 g/mol. The summed E-state index contributed by atoms with van der Waals surface area (Å²) in [7, 11) is 0. The Morgan fingerprint density at radius 2 is 1.85 bits per heavy atom. The molecule has 3 aromatic rings. The Balaban J connectivity index is 1.86. The van der Waals surface area contributed by atoms with Crippen LogP contribution in [0.1, 0.15) is 0 Å². The molecular formula is C14H9F2N3S. The van der Waals surface area contributed by atoms with Gasteiger partial charge in [0, 0.05) is 29.4 Å². The van der Waals surface area contributed by atoms with Crippen LogP contribution in [0.15, 0.2) is 48.1 Å². The van der Waals surface area contributed by atoms with Gasteiger partial charge in [0.25, 0.3) is 0 Å². The first-order chi connectivity index (χ1) is 9.72. The number of hydrogen-bond donors (Lipinski definition) is 1. The Morgan fingerprint density at radius 1 is 1.05 bits per heavy atom. The van der Waals surface area contributed by atoms with Crippen LogP contribution in [0.3, 0.4) is 0 Å². The van der Waals surface area contributed by atoms with Crippen LogP contribution >= 0.6 is 11.3 Å². The Kier molecular flexibility index (Phi) is 3.39. The summed E-state index contributed by atoms with van der Waals surface area (Å²) in [5, 5.41) is 5.12. The molecule has 1 aromatic carbocycles. The molecule has 0 fully saturated rings. The van der Waals surface area contributed by atoms with Crippen molar-refractivity contribution in [2.45, 2.75) is 0 Å². The number of pyridine rings is 1. The van der Waals surface area contributed by atoms with Gasteiger partial charge in [0.05, 0.1) is 11.4 Å². The van der Waals surface area contributed by atoms with Crippen molar-refractivity contribution in [3.63, 3.8) is 0 Å². The van der Waals surface area contributed by atoms with Gasteiger partial charge >= 0.3 is 0 Å². The van der Waals surface area contributed by atoms with Gasteiger partial charge in [-0.1, -0.05) is 0 Å². The Bertz CT molecular complexity index is 728. The molecule has 6 heteroatoms. The van der Waals surface area contributed by atoms with Crippen molar-refractivity contribution in [2.24, 2.45) is 0 Å². The molecule has 0 aliphatic rings. The van der Waals surface area contributed by atoms with E-state index in [0.29, 0.717) is 5.13 Å². The molecule has 3 rings (SSSR count). The largest absolute Gasteiger partial charge is 0.329 e. The third kappa shape index (κ3) is 2.65. The van der Waals surface area contributed by atoms with Crippen LogP contribution in [0.5, 0.6) is 0 Å². The average Bonchev–Trinajstić information content (AvgIpc) is 2.92. The fraction of sp³-hybridized carbons (Fsp3) is 0. The highest BCUT2D eigenvalue weighted by atomic mass is 32.1. The van der Waals surface area contributed by atoms with E-state index in [2.05, 4.69) is 15.3 Å². The molecule has 3 nitrogen and oxygen atoms in total. The molecule has 0 spiro atoms. The van der Waals surface area contributed by atoms with E-state index >= 15 is 0 Å². The number of hydrogen-bond acceptors (Lipinski definition) is 4. The summed E-state index contributed by atoms with van der Waals surface area (Å²) in [5.74, 6) is -1.02. The fourth-order valence-electron chi connectivity index (χ4n) is 1.69. The minimum Gasteiger partial charge on any atom is -0.329 e. The molecule has 0 unspecified atom stereocenters. The van der Waals surface area contributed by atoms with E-state index in [1.165, 1.54) is 11.3 Å². The Labute approximate surface area is 118 Å². The topological polar surface area (TPSA) is 37.8 Å². The van der Waals surface area contributed by atoms with E-state index in [1.807, 2.05) is 17.5 Å². The molecule has 1 N–H and O–H groups in total. The number of anilines is 2. The number of halogens is 2. The van der Waals surface area contributed by atoms with Crippen molar-refractivity contribution in [2.75, 3.05) is 5.32 Å². The van der Waals surface area contributed by atoms with Crippen LogP contribution in [0.4, 0.5) is 19.6 Å². The predicted octanol–water partition coefficient (Wildman–Crippen LogP) is 4.23. The quantitative estimate of drug-likeness (QED) is 0.784. The minimum atomic E-state index is -0.521. The maximum atomic E-state index is 13.5. The van der Waals surface area contributed by atoms with Crippen molar-refractivity contribution in [1.82, 2.24) is 9.97 Å². The summed E-state index contributed by atoms with van der Waals surface area (Å²) < 4.78 is 26.6. The van der Waals surface area contributed by atoms with E-state index in [-0.39, 0.29) is 5.69 Å². The van der Waals surface area contributed by atoms with Crippen LogP contribution in [0, 0.1) is 11.6 Å². The van der Waals surface area contributed by atoms with Gasteiger partial charge in [-0.2, -0.15) is 0 Å². The number of aromatic nitrogens is 2. The average molecular weight is 289 g/mol. The molecule has 0 atom stereocenters. The summed E-state index contributed by atoms with van der Waals surface area (Å²) in [6.07, 6.45) is 3.35. The van der Waals surface area contributed by atoms with Gasteiger partial charge in [-0.3, -0.25) is 4.98 Å². The van der Waals surface area contributed by atoms with E-state index < -0.39 is 11.6 Å². The zero-order valence-corrected chi connectivity index (χ0v) is 11.0. The lowest BCUT2D eigenvalue weighted by Gasteiger charge is -2.03. The second-order valence-electron chi connectivity index (χ2n) is 4.02. The molecule has 100 valence electrons. The third-order valence-corrected chi connectivity index (χ3v) is 3.41. The first-order valence-corrected chi connectivity index (χ1v) is 6.68. The molecule has 0 aliphatic heterocycles. The normalized spacial score (nSPS) is 10.5. The lowest BCUT2D eigenvalue weighted by molar-refractivity contribution is 0.603. The van der Waals surface area contributed by atoms with E-state index in [9.17, 15) is 8.78 Å². The molecule has 0 amide bonds. The van der Waals surface area contributed by atoms with Crippen molar-refractivity contribution in [1.29, 1.82) is 0 Å². The van der Waals surface area contributed by atoms with Gasteiger partial charge in [0.2, 0.25) is 0 Å². The lowest BCUT2D eigenvalue weighted by Crippen LogP contribution is -1.94. The molecule has 0 radical (unpaired) electrons. The van der Waals surface area contributed by atoms with E-state index in [0.717, 1.165) is 29.5 Å². The first-order valence-electron chi connectivity index (χ1n) is 5.80. The van der Waals surface area contributed by atoms with Crippen LogP contribution in [-0.4, -0.2) is 9.97 Å². The van der Waals surface area contributed by atoms with Gasteiger partial charge < -0.3 is 5.32 Å². The number of rotatable bonds is 3. The van der Waals surface area contributed by atoms with Gasteiger partial charge in [-0.05, 0) is 24.3 Å². The van der Waals surface area contributed by atoms with Crippen LogP contribution in [-0.2, 0) is 0 Å². The predicted molar refractivity (Wildman–Crippen MR) is 75.0 cm³/mol. The maximum Gasteiger partial charge on any atom is 0.187 e. The van der Waals surface area contributed by atoms with Gasteiger partial charge in [-0.15, -0.1) is 11.3 Å². The highest BCUT2D eigenvalue weighted by molar-refractivity contribution is 7.14. The Morgan fingerprint density at radius 3 is 2.65 bits per heavy atom. The molecule has 0 saturated heterocycles. The first kappa shape index (κ1) is 12.7. The van der Waals surface area contributed by atoms with Crippen LogP contribution in [0.2, 0.25) is 0 Å². The van der Waals surface area contributed by atoms with Crippen molar-refractivity contribution < 1.29 is 8.78 Å². The number of nitrogens with one attached hydrogen (secondary N) is 1. The second-order valence-corrected chi connectivity index (χ2v) is 4.88. The second kappa shape index (κ2) is 5.34. The smallest absolute Gasteiger partial charge is 0.187 e. The van der Waals surface area contributed by atoms with Gasteiger partial charge in [0.15, 0.2) is 5.13 Å². The Hall–Kier alpha value is -2.34. The molecule has 0 bridgehead atoms. The number of thiazole rings is 1. The van der Waals surface area contributed by atoms with Crippen molar-refractivity contribution >= 4 is 22.2 Å². The maximum absolute atomic E-state index is 13.5. The summed E-state index contributed by atoms with van der Waals surface area (Å²) in [5.41, 5.74) is 1.75. The molecule has 0 saturated carbocycles. The minimum absolute atomic E-state index is 0.0700. The summed E-state index contributed by atoms with van der Waals surface area (Å²) >= 11 is 1.32. The monoisotopic (exact) mass is 289 g/mol. The van der Waals surface area contributed by atoms with Crippen LogP contribution in [0.25, 0.3) is 11.3 Å². The van der Waals surface area contributed by atoms with Gasteiger partial charge in [0.1, 0.15) is 11.6 Å². The van der Waals surface area contributed by atoms with Crippen LogP contribution < -0.4 is 5.32 Å². The zero-order valence-electron chi connectivity index (χ0n) is 10.2. The lowest BCUT2D eigenvalue weighted by atomic mass is 10.2. The highest BCUT2D eigenvalue weighted by Gasteiger charge is 2.08. The summed E-state index contributed by atoms with van der Waals surface area (Å²) in [4.78, 5) is 8.27. The SMILES string of the molecule is Fc1ccc(F)c(Nc2nc(-c3ccncc3)cs2)c1. The molecule has 2 heterocycles. The molecule has 2 aromatic heterocycles. The standard InChI is InChI=1S/C14H9F2N3S/c15-10-1-2-11(16)12(7-10)18-14-19-13(8-20-14)9-3-5-17-6-4-9/h1-8H,(H,18,19). The van der Waals surface area contributed by atoms with Crippen molar-refractivity contribution in [3.8, 4) is 11.3 Å². The summed E-state index contributed by atoms with van der Waals surface area (Å²) in [6, 6.07) is 6.92. The summed E-state index contributed by atoms with van der Waals surface area (Å²) in [6.45, 7) is 0. The highest BCUT2D eigenvalue weighted by Crippen LogP contribution is 2.27. The number of benzene rings is 1. The molecule has 0 aliphatic carbocycles. The third-order valence-electron chi connectivity index (χ3n) is 2.65. The van der Waals surface area contributed by atoms with Crippen molar-refractivity contribution in [3.05, 3.63) is 59.7 Å². The van der Waals surface area contributed by atoms with Gasteiger partial charge in [-0.25, -0.2) is 13.8 Å². The van der Waals surface area contributed by atoms with E-state index in [4.69, 9.17) is 0 Å². The number of nitrogens with zero attached hydrogens (tertiary/aromatic N) is 2. The fourth-order valence-corrected chi connectivity index (χ4v) is 2.43. The molecule has 20 heavy (non-hydrogen) atoms. The zero-order chi connectivity index (χ0) is 13.9. The van der Waals surface area contributed by atoms with E-state index in [1.54, 1.807) is 12.4 Å².